The maximum atomic E-state index is 12.4. The first kappa shape index (κ1) is 12.8. The zero-order chi connectivity index (χ0) is 13.2. The van der Waals surface area contributed by atoms with Gasteiger partial charge in [-0.1, -0.05) is 12.1 Å². The molecule has 0 amide bonds. The number of alkyl halides is 3. The summed E-state index contributed by atoms with van der Waals surface area (Å²) < 4.78 is 45.4. The molecule has 96 valence electrons. The van der Waals surface area contributed by atoms with Crippen molar-refractivity contribution in [1.82, 2.24) is 8.75 Å². The van der Waals surface area contributed by atoms with Gasteiger partial charge in [0.1, 0.15) is 5.69 Å². The van der Waals surface area contributed by atoms with E-state index in [-0.39, 0.29) is 0 Å². The van der Waals surface area contributed by atoms with Gasteiger partial charge in [-0.15, -0.1) is 0 Å². The van der Waals surface area contributed by atoms with Crippen LogP contribution in [0, 0.1) is 0 Å². The van der Waals surface area contributed by atoms with Gasteiger partial charge in [-0.05, 0) is 19.1 Å². The molecule has 0 atom stereocenters. The summed E-state index contributed by atoms with van der Waals surface area (Å²) in [6.07, 6.45) is -4.32. The van der Waals surface area contributed by atoms with Crippen molar-refractivity contribution in [2.45, 2.75) is 13.1 Å². The van der Waals surface area contributed by atoms with Crippen molar-refractivity contribution in [3.05, 3.63) is 29.8 Å². The van der Waals surface area contributed by atoms with Gasteiger partial charge in [0.25, 0.3) is 0 Å². The average Bonchev–Trinajstić information content (AvgIpc) is 2.77. The highest BCUT2D eigenvalue weighted by Gasteiger charge is 2.30. The maximum Gasteiger partial charge on any atom is 0.416 e. The molecular formula is C11H10F3N3S. The number of hydrogen-bond donors (Lipinski definition) is 1. The first-order valence-electron chi connectivity index (χ1n) is 5.26. The minimum Gasteiger partial charge on any atom is -0.368 e. The molecule has 0 spiro atoms. The molecule has 0 aliphatic rings. The topological polar surface area (TPSA) is 37.8 Å². The number of aromatic nitrogens is 2. The van der Waals surface area contributed by atoms with Crippen LogP contribution < -0.4 is 5.32 Å². The molecule has 2 aromatic rings. The Morgan fingerprint density at radius 3 is 2.39 bits per heavy atom. The van der Waals surface area contributed by atoms with Crippen molar-refractivity contribution in [2.75, 3.05) is 11.9 Å². The molecule has 1 heterocycles. The third kappa shape index (κ3) is 2.61. The Kier molecular flexibility index (Phi) is 3.51. The van der Waals surface area contributed by atoms with E-state index in [0.717, 1.165) is 23.9 Å². The van der Waals surface area contributed by atoms with Crippen LogP contribution in [0.1, 0.15) is 12.5 Å². The van der Waals surface area contributed by atoms with Gasteiger partial charge in [0.15, 0.2) is 5.82 Å². The van der Waals surface area contributed by atoms with Gasteiger partial charge in [-0.2, -0.15) is 21.9 Å². The molecule has 2 rings (SSSR count). The number of nitrogens with zero attached hydrogens (tertiary/aromatic N) is 2. The minimum atomic E-state index is -4.32. The Hall–Kier alpha value is -1.63. The molecule has 0 unspecified atom stereocenters. The zero-order valence-corrected chi connectivity index (χ0v) is 10.3. The molecule has 0 saturated carbocycles. The van der Waals surface area contributed by atoms with E-state index in [1.54, 1.807) is 0 Å². The Bertz CT molecular complexity index is 519. The molecular weight excluding hydrogens is 263 g/mol. The lowest BCUT2D eigenvalue weighted by atomic mass is 10.1. The fourth-order valence-corrected chi connectivity index (χ4v) is 2.03. The van der Waals surface area contributed by atoms with Crippen molar-refractivity contribution in [1.29, 1.82) is 0 Å². The molecule has 0 radical (unpaired) electrons. The normalized spacial score (nSPS) is 11.6. The van der Waals surface area contributed by atoms with E-state index in [1.165, 1.54) is 12.1 Å². The van der Waals surface area contributed by atoms with Crippen LogP contribution in [0.15, 0.2) is 24.3 Å². The summed E-state index contributed by atoms with van der Waals surface area (Å²) >= 11 is 1.03. The molecule has 7 heteroatoms. The Morgan fingerprint density at radius 2 is 1.83 bits per heavy atom. The fourth-order valence-electron chi connectivity index (χ4n) is 1.48. The predicted molar refractivity (Wildman–Crippen MR) is 64.5 cm³/mol. The van der Waals surface area contributed by atoms with Crippen LogP contribution in [0.4, 0.5) is 19.0 Å². The SMILES string of the molecule is CCNc1nsnc1-c1ccc(C(F)(F)F)cc1. The van der Waals surface area contributed by atoms with Crippen molar-refractivity contribution in [2.24, 2.45) is 0 Å². The number of benzene rings is 1. The number of hydrogen-bond acceptors (Lipinski definition) is 4. The lowest BCUT2D eigenvalue weighted by Crippen LogP contribution is -2.04. The average molecular weight is 273 g/mol. The second kappa shape index (κ2) is 4.93. The van der Waals surface area contributed by atoms with Crippen LogP contribution in [0.25, 0.3) is 11.3 Å². The van der Waals surface area contributed by atoms with Crippen molar-refractivity contribution < 1.29 is 13.2 Å². The fraction of sp³-hybridized carbons (Fsp3) is 0.273. The standard InChI is InChI=1S/C11H10F3N3S/c1-2-15-10-9(16-18-17-10)7-3-5-8(6-4-7)11(12,13)14/h3-6H,2H2,1H3,(H,15,17). The molecule has 18 heavy (non-hydrogen) atoms. The maximum absolute atomic E-state index is 12.4. The molecule has 3 nitrogen and oxygen atoms in total. The third-order valence-electron chi connectivity index (χ3n) is 2.32. The summed E-state index contributed by atoms with van der Waals surface area (Å²) in [5.41, 5.74) is 0.530. The molecule has 0 aliphatic heterocycles. The second-order valence-electron chi connectivity index (χ2n) is 3.57. The van der Waals surface area contributed by atoms with Gasteiger partial charge in [-0.25, -0.2) is 0 Å². The van der Waals surface area contributed by atoms with Crippen molar-refractivity contribution in [3.8, 4) is 11.3 Å². The van der Waals surface area contributed by atoms with E-state index in [4.69, 9.17) is 0 Å². The number of rotatable bonds is 3. The van der Waals surface area contributed by atoms with Crippen LogP contribution >= 0.6 is 11.7 Å². The quantitative estimate of drug-likeness (QED) is 0.927. The van der Waals surface area contributed by atoms with Crippen LogP contribution in [-0.2, 0) is 6.18 Å². The van der Waals surface area contributed by atoms with Gasteiger partial charge in [0.05, 0.1) is 17.3 Å². The summed E-state index contributed by atoms with van der Waals surface area (Å²) in [6.45, 7) is 2.59. The van der Waals surface area contributed by atoms with Crippen LogP contribution in [0.5, 0.6) is 0 Å². The van der Waals surface area contributed by atoms with E-state index in [2.05, 4.69) is 14.1 Å². The zero-order valence-electron chi connectivity index (χ0n) is 9.45. The van der Waals surface area contributed by atoms with E-state index in [1.807, 2.05) is 6.92 Å². The van der Waals surface area contributed by atoms with Crippen molar-refractivity contribution in [3.63, 3.8) is 0 Å². The van der Waals surface area contributed by atoms with Crippen molar-refractivity contribution >= 4 is 17.5 Å². The summed E-state index contributed by atoms with van der Waals surface area (Å²) in [7, 11) is 0. The highest BCUT2D eigenvalue weighted by Crippen LogP contribution is 2.32. The van der Waals surface area contributed by atoms with Gasteiger partial charge in [0, 0.05) is 12.1 Å². The predicted octanol–water partition coefficient (Wildman–Crippen LogP) is 3.66. The number of anilines is 1. The Morgan fingerprint density at radius 1 is 1.17 bits per heavy atom. The summed E-state index contributed by atoms with van der Waals surface area (Å²) in [6, 6.07) is 4.90. The summed E-state index contributed by atoms with van der Waals surface area (Å²) in [5.74, 6) is 0.599. The van der Waals surface area contributed by atoms with E-state index < -0.39 is 11.7 Å². The molecule has 1 aromatic heterocycles. The first-order chi connectivity index (χ1) is 8.52. The van der Waals surface area contributed by atoms with Gasteiger partial charge >= 0.3 is 6.18 Å². The first-order valence-corrected chi connectivity index (χ1v) is 5.99. The van der Waals surface area contributed by atoms with Crippen LogP contribution in [0.3, 0.4) is 0 Å². The molecule has 1 N–H and O–H groups in total. The summed E-state index contributed by atoms with van der Waals surface area (Å²) in [4.78, 5) is 0. The van der Waals surface area contributed by atoms with Gasteiger partial charge in [0.2, 0.25) is 0 Å². The molecule has 0 saturated heterocycles. The van der Waals surface area contributed by atoms with Gasteiger partial charge < -0.3 is 5.32 Å². The lowest BCUT2D eigenvalue weighted by Gasteiger charge is -2.07. The molecule has 0 aliphatic carbocycles. The summed E-state index contributed by atoms with van der Waals surface area (Å²) in [5, 5.41) is 3.01. The largest absolute Gasteiger partial charge is 0.416 e. The van der Waals surface area contributed by atoms with Gasteiger partial charge in [-0.3, -0.25) is 0 Å². The minimum absolute atomic E-state index is 0.579. The highest BCUT2D eigenvalue weighted by molar-refractivity contribution is 6.99. The molecule has 0 fully saturated rings. The number of halogens is 3. The number of nitrogens with one attached hydrogen (secondary N) is 1. The van der Waals surface area contributed by atoms with E-state index >= 15 is 0 Å². The Balaban J connectivity index is 2.32. The highest BCUT2D eigenvalue weighted by atomic mass is 32.1. The van der Waals surface area contributed by atoms with E-state index in [0.29, 0.717) is 23.6 Å². The third-order valence-corrected chi connectivity index (χ3v) is 2.85. The van der Waals surface area contributed by atoms with Crippen LogP contribution in [0.2, 0.25) is 0 Å². The molecule has 0 bridgehead atoms. The monoisotopic (exact) mass is 273 g/mol. The molecule has 1 aromatic carbocycles. The second-order valence-corrected chi connectivity index (χ2v) is 4.10. The van der Waals surface area contributed by atoms with Crippen LogP contribution in [-0.4, -0.2) is 15.3 Å². The lowest BCUT2D eigenvalue weighted by molar-refractivity contribution is -0.137. The Labute approximate surface area is 106 Å². The smallest absolute Gasteiger partial charge is 0.368 e. The van der Waals surface area contributed by atoms with E-state index in [9.17, 15) is 13.2 Å².